The molecule has 0 saturated carbocycles. The summed E-state index contributed by atoms with van der Waals surface area (Å²) < 4.78 is 67.6. The van der Waals surface area contributed by atoms with Crippen LogP contribution in [0.25, 0.3) is 0 Å². The van der Waals surface area contributed by atoms with Crippen LogP contribution in [0, 0.1) is 0 Å². The average molecular weight is 660 g/mol. The van der Waals surface area contributed by atoms with Crippen molar-refractivity contribution < 1.29 is 31.5 Å². The number of anilines is 1. The Bertz CT molecular complexity index is 1110. The number of halogens is 3. The molecule has 2 aromatic carbocycles. The van der Waals surface area contributed by atoms with E-state index >= 15 is 0 Å². The summed E-state index contributed by atoms with van der Waals surface area (Å²) in [4.78, 5) is 12.9. The van der Waals surface area contributed by atoms with Crippen LogP contribution in [0.5, 0.6) is 0 Å². The van der Waals surface area contributed by atoms with Crippen molar-refractivity contribution in [3.05, 3.63) is 53.6 Å². The molecule has 0 unspecified atom stereocenters. The number of carboxylic acids is 1. The summed E-state index contributed by atoms with van der Waals surface area (Å²) in [5.41, 5.74) is 0.423. The molecule has 0 spiro atoms. The Hall–Kier alpha value is -1.67. The van der Waals surface area contributed by atoms with Crippen molar-refractivity contribution in [1.82, 2.24) is 4.31 Å². The summed E-state index contributed by atoms with van der Waals surface area (Å²) in [6.07, 6.45) is -4.66. The van der Waals surface area contributed by atoms with Gasteiger partial charge in [0.1, 0.15) is 0 Å². The first-order valence-corrected chi connectivity index (χ1v) is 13.5. The third-order valence-electron chi connectivity index (χ3n) is 5.37. The first-order valence-electron chi connectivity index (χ1n) is 9.86. The van der Waals surface area contributed by atoms with E-state index in [2.05, 4.69) is 0 Å². The number of alkyl halides is 3. The van der Waals surface area contributed by atoms with Crippen molar-refractivity contribution in [3.63, 3.8) is 0 Å². The van der Waals surface area contributed by atoms with Gasteiger partial charge in [-0.3, -0.25) is 4.79 Å². The first kappa shape index (κ1) is 25.0. The second-order valence-electron chi connectivity index (χ2n) is 7.93. The molecule has 3 rings (SSSR count). The Balaban J connectivity index is 1.85. The minimum atomic E-state index is -4.38. The fourth-order valence-corrected chi connectivity index (χ4v) is 7.66. The van der Waals surface area contributed by atoms with Gasteiger partial charge < -0.3 is 5.11 Å². The number of hydrogen-bond acceptors (Lipinski definition) is 4. The molecule has 1 aliphatic heterocycles. The van der Waals surface area contributed by atoms with Crippen LogP contribution < -0.4 is 8.02 Å². The molecule has 170 valence electrons. The van der Waals surface area contributed by atoms with Gasteiger partial charge in [0, 0.05) is 0 Å². The molecule has 0 amide bonds. The van der Waals surface area contributed by atoms with Crippen LogP contribution in [0.1, 0.15) is 25.0 Å². The van der Waals surface area contributed by atoms with Gasteiger partial charge in [0.2, 0.25) is 0 Å². The molecule has 32 heavy (non-hydrogen) atoms. The van der Waals surface area contributed by atoms with Crippen LogP contribution in [0.2, 0.25) is 0 Å². The molecule has 0 bridgehead atoms. The zero-order valence-electron chi connectivity index (χ0n) is 17.5. The van der Waals surface area contributed by atoms with E-state index < -0.39 is 39.8 Å². The average Bonchev–Trinajstić information content (AvgIpc) is 2.65. The van der Waals surface area contributed by atoms with Gasteiger partial charge in [0.05, 0.1) is 0 Å². The van der Waals surface area contributed by atoms with E-state index in [1.807, 2.05) is 4.90 Å². The third-order valence-corrected chi connectivity index (χ3v) is 9.35. The summed E-state index contributed by atoms with van der Waals surface area (Å²) in [6, 6.07) is 9.11. The second kappa shape index (κ2) is 9.29. The van der Waals surface area contributed by atoms with Crippen LogP contribution in [-0.4, -0.2) is 74.7 Å². The van der Waals surface area contributed by atoms with E-state index in [4.69, 9.17) is 5.11 Å². The summed E-state index contributed by atoms with van der Waals surface area (Å²) in [7, 11) is -3.89. The molecule has 1 saturated heterocycles. The Morgan fingerprint density at radius 2 is 1.75 bits per heavy atom. The molecular formula is C21H22F3N2O4STl. The van der Waals surface area contributed by atoms with E-state index in [0.717, 1.165) is 6.07 Å². The SMILES string of the molecule is C[C@@H]1CN(c2ccc(C(F)(F)F)[c]([Tl])c2)C[C@H](C)N1S(=O)(=O)c1cccc(CC(=O)O)c1. The van der Waals surface area contributed by atoms with Gasteiger partial charge in [-0.2, -0.15) is 0 Å². The van der Waals surface area contributed by atoms with Gasteiger partial charge in [-0.25, -0.2) is 0 Å². The monoisotopic (exact) mass is 660 g/mol. The predicted molar refractivity (Wildman–Crippen MR) is 115 cm³/mol. The van der Waals surface area contributed by atoms with Crippen LogP contribution >= 0.6 is 0 Å². The van der Waals surface area contributed by atoms with Crippen LogP contribution in [0.3, 0.4) is 0 Å². The molecule has 2 atom stereocenters. The molecule has 0 aromatic heterocycles. The maximum atomic E-state index is 13.3. The van der Waals surface area contributed by atoms with E-state index in [1.54, 1.807) is 26.0 Å². The molecule has 1 aliphatic rings. The Kier molecular flexibility index (Phi) is 7.25. The Morgan fingerprint density at radius 1 is 1.12 bits per heavy atom. The number of piperazine rings is 1. The number of rotatable bonds is 5. The van der Waals surface area contributed by atoms with Gasteiger partial charge in [0.15, 0.2) is 0 Å². The normalized spacial score (nSPS) is 20.3. The van der Waals surface area contributed by atoms with Gasteiger partial charge in [0.25, 0.3) is 0 Å². The fourth-order valence-electron chi connectivity index (χ4n) is 4.11. The molecular weight excluding hydrogens is 638 g/mol. The van der Waals surface area contributed by atoms with Crippen LogP contribution in [-0.2, 0) is 27.4 Å². The number of hydrogen-bond donors (Lipinski definition) is 1. The van der Waals surface area contributed by atoms with E-state index in [9.17, 15) is 26.4 Å². The van der Waals surface area contributed by atoms with Crippen molar-refractivity contribution in [3.8, 4) is 0 Å². The van der Waals surface area contributed by atoms with Crippen LogP contribution in [0.15, 0.2) is 47.4 Å². The zero-order valence-corrected chi connectivity index (χ0v) is 22.8. The topological polar surface area (TPSA) is 77.9 Å². The summed E-state index contributed by atoms with van der Waals surface area (Å²) in [6.45, 7) is 4.17. The molecule has 1 N–H and O–H groups in total. The number of carbonyl (C=O) groups is 1. The molecule has 2 aromatic rings. The maximum absolute atomic E-state index is 13.3. The van der Waals surface area contributed by atoms with Gasteiger partial charge in [-0.05, 0) is 0 Å². The van der Waals surface area contributed by atoms with Crippen molar-refractivity contribution in [2.45, 2.75) is 43.4 Å². The summed E-state index contributed by atoms with van der Waals surface area (Å²) in [5.74, 6) is -1.05. The van der Waals surface area contributed by atoms with Crippen molar-refractivity contribution in [1.29, 1.82) is 0 Å². The molecule has 1 fully saturated rings. The van der Waals surface area contributed by atoms with Gasteiger partial charge in [-0.15, -0.1) is 0 Å². The number of nitrogens with zero attached hydrogens (tertiary/aromatic N) is 2. The van der Waals surface area contributed by atoms with E-state index in [-0.39, 0.29) is 40.2 Å². The standard InChI is InChI=1S/C21H22F3N2O4S.Tl/c1-14-12-25(18-8-6-17(7-9-18)21(22,23)24)13-15(2)26(14)31(29,30)19-5-3-4-16(10-19)11-20(27)28;/h3-6,8-10,14-15H,11-13H2,1-2H3,(H,27,28);/t14-,15+;. The summed E-state index contributed by atoms with van der Waals surface area (Å²) in [5, 5.41) is 8.99. The Morgan fingerprint density at radius 3 is 2.28 bits per heavy atom. The number of benzene rings is 2. The Labute approximate surface area is 200 Å². The van der Waals surface area contributed by atoms with Gasteiger partial charge in [-0.1, -0.05) is 0 Å². The summed E-state index contributed by atoms with van der Waals surface area (Å²) >= 11 is 0.00571. The molecule has 0 aliphatic carbocycles. The van der Waals surface area contributed by atoms with Crippen molar-refractivity contribution in [2.24, 2.45) is 0 Å². The number of carboxylic acid groups (broad SMARTS) is 1. The van der Waals surface area contributed by atoms with E-state index in [0.29, 0.717) is 24.3 Å². The van der Waals surface area contributed by atoms with Crippen molar-refractivity contribution in [2.75, 3.05) is 18.0 Å². The molecule has 1 heterocycles. The first-order chi connectivity index (χ1) is 14.8. The molecule has 6 nitrogen and oxygen atoms in total. The second-order valence-corrected chi connectivity index (χ2v) is 12.2. The number of aliphatic carboxylic acids is 1. The minimum absolute atomic E-state index is 0.00571. The zero-order chi connectivity index (χ0) is 23.8. The predicted octanol–water partition coefficient (Wildman–Crippen LogP) is 2.41. The number of sulfonamides is 1. The van der Waals surface area contributed by atoms with Crippen molar-refractivity contribution >= 4 is 50.6 Å². The quantitative estimate of drug-likeness (QED) is 0.500. The van der Waals surface area contributed by atoms with Crippen LogP contribution in [0.4, 0.5) is 18.9 Å². The third kappa shape index (κ3) is 5.28. The fraction of sp³-hybridized carbons (Fsp3) is 0.381. The molecule has 11 heteroatoms. The van der Waals surface area contributed by atoms with E-state index in [1.165, 1.54) is 28.6 Å². The molecule has 0 radical (unpaired) electrons. The van der Waals surface area contributed by atoms with Gasteiger partial charge >= 0.3 is 191 Å².